The smallest absolute Gasteiger partial charge is 0.227 e. The van der Waals surface area contributed by atoms with Gasteiger partial charge in [0.05, 0.1) is 12.3 Å². The van der Waals surface area contributed by atoms with Crippen molar-refractivity contribution in [3.8, 4) is 0 Å². The Morgan fingerprint density at radius 3 is 2.54 bits per heavy atom. The Labute approximate surface area is 169 Å². The van der Waals surface area contributed by atoms with Gasteiger partial charge in [-0.3, -0.25) is 4.79 Å². The normalized spacial score (nSPS) is 14.2. The lowest BCUT2D eigenvalue weighted by molar-refractivity contribution is -0.119. The number of amides is 1. The van der Waals surface area contributed by atoms with Crippen molar-refractivity contribution in [2.45, 2.75) is 53.1 Å². The van der Waals surface area contributed by atoms with Crippen molar-refractivity contribution in [3.05, 3.63) is 29.8 Å². The van der Waals surface area contributed by atoms with Gasteiger partial charge in [0.15, 0.2) is 5.96 Å². The van der Waals surface area contributed by atoms with E-state index in [9.17, 15) is 13.2 Å². The van der Waals surface area contributed by atoms with Crippen molar-refractivity contribution in [1.82, 2.24) is 10.6 Å². The first-order valence-electron chi connectivity index (χ1n) is 9.77. The molecule has 7 nitrogen and oxygen atoms in total. The highest BCUT2D eigenvalue weighted by atomic mass is 32.2. The number of aliphatic imine (C=N–C) groups is 1. The number of nitrogens with zero attached hydrogens (tertiary/aromatic N) is 1. The van der Waals surface area contributed by atoms with Crippen molar-refractivity contribution in [2.24, 2.45) is 10.9 Å². The Hall–Kier alpha value is -2.09. The second-order valence-corrected chi connectivity index (χ2v) is 9.42. The number of sulfone groups is 1. The minimum Gasteiger partial charge on any atom is -0.357 e. The Bertz CT molecular complexity index is 762. The zero-order valence-electron chi connectivity index (χ0n) is 17.6. The SMILES string of the molecule is CCNC(=NCc1cccc(NC(=O)C(C)CC)c1)NC(C)CCS(C)(=O)=O. The first-order valence-corrected chi connectivity index (χ1v) is 11.8. The van der Waals surface area contributed by atoms with E-state index in [0.29, 0.717) is 25.5 Å². The molecule has 8 heteroatoms. The third kappa shape index (κ3) is 9.73. The van der Waals surface area contributed by atoms with Crippen LogP contribution in [-0.4, -0.2) is 44.9 Å². The number of carbonyl (C=O) groups is 1. The summed E-state index contributed by atoms with van der Waals surface area (Å²) in [7, 11) is -2.98. The minimum atomic E-state index is -2.98. The number of carbonyl (C=O) groups excluding carboxylic acids is 1. The van der Waals surface area contributed by atoms with Gasteiger partial charge in [0.1, 0.15) is 9.84 Å². The first kappa shape index (κ1) is 23.9. The van der Waals surface area contributed by atoms with Crippen LogP contribution in [-0.2, 0) is 21.2 Å². The number of nitrogens with one attached hydrogen (secondary N) is 3. The van der Waals surface area contributed by atoms with Gasteiger partial charge in [-0.05, 0) is 44.4 Å². The molecule has 0 saturated carbocycles. The van der Waals surface area contributed by atoms with Crippen LogP contribution in [0.1, 0.15) is 46.1 Å². The zero-order chi connectivity index (χ0) is 21.2. The topological polar surface area (TPSA) is 99.7 Å². The number of benzene rings is 1. The average Bonchev–Trinajstić information content (AvgIpc) is 2.63. The van der Waals surface area contributed by atoms with Gasteiger partial charge in [-0.2, -0.15) is 0 Å². The molecule has 158 valence electrons. The van der Waals surface area contributed by atoms with Gasteiger partial charge in [-0.25, -0.2) is 13.4 Å². The molecule has 0 aliphatic heterocycles. The molecule has 0 fully saturated rings. The molecule has 2 atom stereocenters. The number of guanidine groups is 1. The van der Waals surface area contributed by atoms with E-state index in [0.717, 1.165) is 17.7 Å². The summed E-state index contributed by atoms with van der Waals surface area (Å²) in [5.74, 6) is 0.758. The van der Waals surface area contributed by atoms with Crippen molar-refractivity contribution in [1.29, 1.82) is 0 Å². The molecule has 0 radical (unpaired) electrons. The van der Waals surface area contributed by atoms with E-state index >= 15 is 0 Å². The van der Waals surface area contributed by atoms with Crippen LogP contribution < -0.4 is 16.0 Å². The molecular weight excluding hydrogens is 376 g/mol. The van der Waals surface area contributed by atoms with Crippen molar-refractivity contribution >= 4 is 27.4 Å². The fraction of sp³-hybridized carbons (Fsp3) is 0.600. The second-order valence-electron chi connectivity index (χ2n) is 7.16. The largest absolute Gasteiger partial charge is 0.357 e. The fourth-order valence-corrected chi connectivity index (χ4v) is 3.17. The summed E-state index contributed by atoms with van der Waals surface area (Å²) in [6.07, 6.45) is 2.55. The first-order chi connectivity index (χ1) is 13.1. The molecule has 1 rings (SSSR count). The monoisotopic (exact) mass is 410 g/mol. The highest BCUT2D eigenvalue weighted by Gasteiger charge is 2.11. The van der Waals surface area contributed by atoms with Crippen LogP contribution >= 0.6 is 0 Å². The highest BCUT2D eigenvalue weighted by molar-refractivity contribution is 7.90. The molecule has 1 aromatic rings. The maximum absolute atomic E-state index is 12.1. The van der Waals surface area contributed by atoms with Crippen LogP contribution in [0.4, 0.5) is 5.69 Å². The number of hydrogen-bond acceptors (Lipinski definition) is 4. The molecule has 0 aliphatic carbocycles. The van der Waals surface area contributed by atoms with Crippen LogP contribution in [0.5, 0.6) is 0 Å². The highest BCUT2D eigenvalue weighted by Crippen LogP contribution is 2.14. The van der Waals surface area contributed by atoms with Gasteiger partial charge >= 0.3 is 0 Å². The van der Waals surface area contributed by atoms with E-state index in [1.165, 1.54) is 6.26 Å². The van der Waals surface area contributed by atoms with Crippen LogP contribution in [0.3, 0.4) is 0 Å². The van der Waals surface area contributed by atoms with Gasteiger partial charge in [0, 0.05) is 30.4 Å². The second kappa shape index (κ2) is 11.7. The maximum Gasteiger partial charge on any atom is 0.227 e. The summed E-state index contributed by atoms with van der Waals surface area (Å²) < 4.78 is 22.6. The fourth-order valence-electron chi connectivity index (χ4n) is 2.39. The summed E-state index contributed by atoms with van der Waals surface area (Å²) >= 11 is 0. The Kier molecular flexibility index (Phi) is 9.99. The lowest BCUT2D eigenvalue weighted by Gasteiger charge is -2.17. The average molecular weight is 411 g/mol. The molecule has 28 heavy (non-hydrogen) atoms. The van der Waals surface area contributed by atoms with E-state index in [-0.39, 0.29) is 23.6 Å². The van der Waals surface area contributed by atoms with Gasteiger partial charge in [-0.15, -0.1) is 0 Å². The van der Waals surface area contributed by atoms with Crippen LogP contribution in [0, 0.1) is 5.92 Å². The molecule has 3 N–H and O–H groups in total. The predicted octanol–water partition coefficient (Wildman–Crippen LogP) is 2.55. The Morgan fingerprint density at radius 1 is 1.21 bits per heavy atom. The molecule has 0 bridgehead atoms. The standard InChI is InChI=1S/C20H34N4O3S/c1-6-15(3)19(25)24-18-10-8-9-17(13-18)14-22-20(21-7-2)23-16(4)11-12-28(5,26)27/h8-10,13,15-16H,6-7,11-12,14H2,1-5H3,(H,24,25)(H2,21,22,23). The van der Waals surface area contributed by atoms with Gasteiger partial charge in [0.2, 0.25) is 5.91 Å². The molecule has 0 heterocycles. The molecule has 0 aromatic heterocycles. The summed E-state index contributed by atoms with van der Waals surface area (Å²) in [5.41, 5.74) is 1.74. The van der Waals surface area contributed by atoms with E-state index in [2.05, 4.69) is 20.9 Å². The Balaban J connectivity index is 2.73. The molecule has 1 amide bonds. The molecule has 0 spiro atoms. The van der Waals surface area contributed by atoms with E-state index in [4.69, 9.17) is 0 Å². The van der Waals surface area contributed by atoms with E-state index < -0.39 is 9.84 Å². The Morgan fingerprint density at radius 2 is 1.93 bits per heavy atom. The number of rotatable bonds is 10. The van der Waals surface area contributed by atoms with Crippen LogP contribution in [0.25, 0.3) is 0 Å². The van der Waals surface area contributed by atoms with E-state index in [1.54, 1.807) is 0 Å². The van der Waals surface area contributed by atoms with Crippen molar-refractivity contribution in [2.75, 3.05) is 23.9 Å². The minimum absolute atomic E-state index is 0.0119. The molecule has 1 aromatic carbocycles. The zero-order valence-corrected chi connectivity index (χ0v) is 18.4. The number of hydrogen-bond donors (Lipinski definition) is 3. The van der Waals surface area contributed by atoms with Gasteiger partial charge < -0.3 is 16.0 Å². The van der Waals surface area contributed by atoms with Crippen molar-refractivity contribution < 1.29 is 13.2 Å². The molecule has 0 saturated heterocycles. The van der Waals surface area contributed by atoms with Crippen LogP contribution in [0.2, 0.25) is 0 Å². The quantitative estimate of drug-likeness (QED) is 0.407. The van der Waals surface area contributed by atoms with E-state index in [1.807, 2.05) is 52.0 Å². The molecular formula is C20H34N4O3S. The lowest BCUT2D eigenvalue weighted by Crippen LogP contribution is -2.42. The lowest BCUT2D eigenvalue weighted by atomic mass is 10.1. The number of anilines is 1. The summed E-state index contributed by atoms with van der Waals surface area (Å²) in [4.78, 5) is 16.6. The molecule has 2 unspecified atom stereocenters. The molecule has 0 aliphatic rings. The third-order valence-electron chi connectivity index (χ3n) is 4.32. The predicted molar refractivity (Wildman–Crippen MR) is 116 cm³/mol. The maximum atomic E-state index is 12.1. The van der Waals surface area contributed by atoms with Crippen molar-refractivity contribution in [3.63, 3.8) is 0 Å². The van der Waals surface area contributed by atoms with Crippen LogP contribution in [0.15, 0.2) is 29.3 Å². The summed E-state index contributed by atoms with van der Waals surface area (Å²) in [6, 6.07) is 7.62. The van der Waals surface area contributed by atoms with Gasteiger partial charge in [0.25, 0.3) is 0 Å². The summed E-state index contributed by atoms with van der Waals surface area (Å²) in [6.45, 7) is 8.95. The third-order valence-corrected chi connectivity index (χ3v) is 5.30. The summed E-state index contributed by atoms with van der Waals surface area (Å²) in [5, 5.41) is 9.34. The van der Waals surface area contributed by atoms with Gasteiger partial charge in [-0.1, -0.05) is 26.0 Å².